The monoisotopic (exact) mass is 243 g/mol. The van der Waals surface area contributed by atoms with E-state index in [1.165, 1.54) is 6.08 Å². The van der Waals surface area contributed by atoms with Crippen molar-refractivity contribution in [3.63, 3.8) is 0 Å². The van der Waals surface area contributed by atoms with Crippen LogP contribution in [0.25, 0.3) is 0 Å². The first-order valence-corrected chi connectivity index (χ1v) is 6.02. The number of rotatable bonds is 5. The average Bonchev–Trinajstić information content (AvgIpc) is 2.30. The first-order valence-electron chi connectivity index (χ1n) is 6.02. The van der Waals surface area contributed by atoms with Gasteiger partial charge in [-0.25, -0.2) is 4.79 Å². The number of carbonyl (C=O) groups is 1. The summed E-state index contributed by atoms with van der Waals surface area (Å²) in [5, 5.41) is 18.8. The molecule has 0 spiro atoms. The second kappa shape index (κ2) is 6.14. The van der Waals surface area contributed by atoms with Crippen molar-refractivity contribution >= 4 is 5.97 Å². The molecule has 4 N–H and O–H groups in total. The maximum atomic E-state index is 10.9. The lowest BCUT2D eigenvalue weighted by molar-refractivity contribution is -0.133. The fourth-order valence-corrected chi connectivity index (χ4v) is 1.96. The van der Waals surface area contributed by atoms with Gasteiger partial charge in [0.05, 0.1) is 12.2 Å². The van der Waals surface area contributed by atoms with Crippen LogP contribution in [0.15, 0.2) is 11.6 Å². The van der Waals surface area contributed by atoms with E-state index >= 15 is 0 Å². The third kappa shape index (κ3) is 3.52. The van der Waals surface area contributed by atoms with Crippen molar-refractivity contribution in [2.24, 2.45) is 5.73 Å². The van der Waals surface area contributed by atoms with E-state index in [0.717, 1.165) is 12.8 Å². The molecule has 0 amide bonds. The second-order valence-electron chi connectivity index (χ2n) is 4.39. The number of aliphatic carboxylic acids is 1. The zero-order valence-electron chi connectivity index (χ0n) is 10.3. The van der Waals surface area contributed by atoms with Crippen LogP contribution in [0.4, 0.5) is 0 Å². The number of aliphatic hydroxyl groups excluding tert-OH is 1. The van der Waals surface area contributed by atoms with Crippen LogP contribution in [0.3, 0.4) is 0 Å². The number of ether oxygens (including phenoxy) is 1. The van der Waals surface area contributed by atoms with Crippen molar-refractivity contribution in [3.05, 3.63) is 11.6 Å². The molecule has 1 rings (SSSR count). The highest BCUT2D eigenvalue weighted by molar-refractivity contribution is 5.87. The molecule has 1 aliphatic carbocycles. The zero-order chi connectivity index (χ0) is 13.0. The van der Waals surface area contributed by atoms with Gasteiger partial charge in [0.2, 0.25) is 0 Å². The van der Waals surface area contributed by atoms with E-state index in [1.54, 1.807) is 0 Å². The zero-order valence-corrected chi connectivity index (χ0v) is 10.3. The quantitative estimate of drug-likeness (QED) is 0.659. The van der Waals surface area contributed by atoms with Gasteiger partial charge in [-0.3, -0.25) is 0 Å². The molecule has 0 fully saturated rings. The van der Waals surface area contributed by atoms with Crippen LogP contribution in [-0.2, 0) is 9.53 Å². The predicted molar refractivity (Wildman–Crippen MR) is 63.6 cm³/mol. The fraction of sp³-hybridized carbons (Fsp3) is 0.750. The van der Waals surface area contributed by atoms with Crippen molar-refractivity contribution in [2.75, 3.05) is 0 Å². The van der Waals surface area contributed by atoms with E-state index in [9.17, 15) is 9.90 Å². The highest BCUT2D eigenvalue weighted by Crippen LogP contribution is 2.22. The summed E-state index contributed by atoms with van der Waals surface area (Å²) in [5.41, 5.74) is 5.94. The normalized spacial score (nSPS) is 29.2. The van der Waals surface area contributed by atoms with Crippen LogP contribution in [0.1, 0.15) is 33.1 Å². The predicted octanol–water partition coefficient (Wildman–Crippen LogP) is 0.663. The number of carboxylic acids is 1. The SMILES string of the molecule is CCC(CC)O[C@@H]1C=C(C(=O)O)C[C@@H](N)[C@@H]1O. The molecule has 1 aliphatic rings. The summed E-state index contributed by atoms with van der Waals surface area (Å²) < 4.78 is 5.68. The van der Waals surface area contributed by atoms with Gasteiger partial charge in [0.1, 0.15) is 6.10 Å². The summed E-state index contributed by atoms with van der Waals surface area (Å²) in [5.74, 6) is -0.995. The van der Waals surface area contributed by atoms with Gasteiger partial charge in [-0.2, -0.15) is 0 Å². The van der Waals surface area contributed by atoms with E-state index in [1.807, 2.05) is 13.8 Å². The Hall–Kier alpha value is -0.910. The minimum absolute atomic E-state index is 0.0197. The number of hydrogen-bond donors (Lipinski definition) is 3. The number of hydrogen-bond acceptors (Lipinski definition) is 4. The molecule has 0 radical (unpaired) electrons. The lowest BCUT2D eigenvalue weighted by atomic mass is 9.90. The smallest absolute Gasteiger partial charge is 0.331 e. The molecule has 0 saturated heterocycles. The Morgan fingerprint density at radius 1 is 1.59 bits per heavy atom. The molecule has 0 aliphatic heterocycles. The number of carboxylic acid groups (broad SMARTS) is 1. The molecule has 0 saturated carbocycles. The highest BCUT2D eigenvalue weighted by atomic mass is 16.5. The summed E-state index contributed by atoms with van der Waals surface area (Å²) >= 11 is 0. The highest BCUT2D eigenvalue weighted by Gasteiger charge is 2.33. The van der Waals surface area contributed by atoms with E-state index in [-0.39, 0.29) is 18.1 Å². The molecule has 17 heavy (non-hydrogen) atoms. The second-order valence-corrected chi connectivity index (χ2v) is 4.39. The summed E-state index contributed by atoms with van der Waals surface area (Å²) in [4.78, 5) is 10.9. The summed E-state index contributed by atoms with van der Waals surface area (Å²) in [7, 11) is 0. The van der Waals surface area contributed by atoms with Crippen molar-refractivity contribution < 1.29 is 19.7 Å². The Labute approximate surface area is 101 Å². The molecule has 0 aromatic heterocycles. The molecular formula is C12H21NO4. The lowest BCUT2D eigenvalue weighted by Gasteiger charge is -2.32. The fourth-order valence-electron chi connectivity index (χ4n) is 1.96. The van der Waals surface area contributed by atoms with E-state index in [4.69, 9.17) is 15.6 Å². The molecule has 0 aromatic carbocycles. The lowest BCUT2D eigenvalue weighted by Crippen LogP contribution is -2.48. The Morgan fingerprint density at radius 2 is 2.18 bits per heavy atom. The van der Waals surface area contributed by atoms with Crippen molar-refractivity contribution in [2.45, 2.75) is 57.5 Å². The van der Waals surface area contributed by atoms with Crippen LogP contribution in [0.5, 0.6) is 0 Å². The van der Waals surface area contributed by atoms with Gasteiger partial charge in [-0.15, -0.1) is 0 Å². The van der Waals surface area contributed by atoms with E-state index in [0.29, 0.717) is 0 Å². The van der Waals surface area contributed by atoms with Crippen LogP contribution < -0.4 is 5.73 Å². The summed E-state index contributed by atoms with van der Waals surface area (Å²) in [6.07, 6.45) is 1.88. The maximum absolute atomic E-state index is 10.9. The first kappa shape index (κ1) is 14.2. The van der Waals surface area contributed by atoms with Gasteiger partial charge in [-0.1, -0.05) is 13.8 Å². The van der Waals surface area contributed by atoms with Gasteiger partial charge in [-0.05, 0) is 25.3 Å². The van der Waals surface area contributed by atoms with Crippen LogP contribution in [-0.4, -0.2) is 40.5 Å². The molecule has 3 atom stereocenters. The Bertz CT molecular complexity index is 299. The van der Waals surface area contributed by atoms with E-state index in [2.05, 4.69) is 0 Å². The minimum atomic E-state index is -0.995. The topological polar surface area (TPSA) is 92.8 Å². The molecule has 0 heterocycles. The van der Waals surface area contributed by atoms with Gasteiger partial charge in [0.15, 0.2) is 0 Å². The number of nitrogens with two attached hydrogens (primary N) is 1. The average molecular weight is 243 g/mol. The van der Waals surface area contributed by atoms with Gasteiger partial charge in [0.25, 0.3) is 0 Å². The maximum Gasteiger partial charge on any atom is 0.331 e. The van der Waals surface area contributed by atoms with Gasteiger partial charge in [0, 0.05) is 11.6 Å². The third-order valence-corrected chi connectivity index (χ3v) is 3.13. The molecule has 0 unspecified atom stereocenters. The van der Waals surface area contributed by atoms with Gasteiger partial charge < -0.3 is 20.7 Å². The minimum Gasteiger partial charge on any atom is -0.478 e. The molecule has 0 aromatic rings. The largest absolute Gasteiger partial charge is 0.478 e. The van der Waals surface area contributed by atoms with Gasteiger partial charge >= 0.3 is 5.97 Å². The molecule has 0 bridgehead atoms. The standard InChI is InChI=1S/C12H21NO4/c1-3-8(4-2)17-10-6-7(12(15)16)5-9(13)11(10)14/h6,8-11,14H,3-5,13H2,1-2H3,(H,15,16)/t9-,10-,11+/m1/s1. The van der Waals surface area contributed by atoms with E-state index < -0.39 is 24.2 Å². The van der Waals surface area contributed by atoms with Crippen LogP contribution >= 0.6 is 0 Å². The Morgan fingerprint density at radius 3 is 2.65 bits per heavy atom. The Balaban J connectivity index is 2.79. The summed E-state index contributed by atoms with van der Waals surface area (Å²) in [6, 6.07) is -0.578. The first-order chi connectivity index (χ1) is 7.99. The molecule has 98 valence electrons. The van der Waals surface area contributed by atoms with Crippen LogP contribution in [0.2, 0.25) is 0 Å². The van der Waals surface area contributed by atoms with Crippen LogP contribution in [0, 0.1) is 0 Å². The molecular weight excluding hydrogens is 222 g/mol. The van der Waals surface area contributed by atoms with Crippen molar-refractivity contribution in [1.29, 1.82) is 0 Å². The Kier molecular flexibility index (Phi) is 5.11. The summed E-state index contributed by atoms with van der Waals surface area (Å²) in [6.45, 7) is 3.98. The molecule has 5 nitrogen and oxygen atoms in total. The van der Waals surface area contributed by atoms with Crippen molar-refractivity contribution in [3.8, 4) is 0 Å². The van der Waals surface area contributed by atoms with Crippen molar-refractivity contribution in [1.82, 2.24) is 0 Å². The molecule has 5 heteroatoms. The number of aliphatic hydroxyl groups is 1. The third-order valence-electron chi connectivity index (χ3n) is 3.13.